The lowest BCUT2D eigenvalue weighted by atomic mass is 9.85. The van der Waals surface area contributed by atoms with E-state index in [0.29, 0.717) is 38.6 Å². The Morgan fingerprint density at radius 3 is 1.18 bits per heavy atom. The zero-order valence-electron chi connectivity index (χ0n) is 40.8. The molecule has 0 heterocycles. The van der Waals surface area contributed by atoms with Crippen molar-refractivity contribution >= 4 is 11.8 Å². The Balaban J connectivity index is 5.13. The molecule has 0 bridgehead atoms. The summed E-state index contributed by atoms with van der Waals surface area (Å²) in [5.74, 6) is 0.509. The molecule has 0 aliphatic carbocycles. The molecule has 0 spiro atoms. The Morgan fingerprint density at radius 1 is 0.500 bits per heavy atom. The fourth-order valence-electron chi connectivity index (χ4n) is 6.95. The third kappa shape index (κ3) is 20.1. The van der Waals surface area contributed by atoms with Gasteiger partial charge in [0, 0.05) is 34.7 Å². The van der Waals surface area contributed by atoms with Crippen LogP contribution in [-0.4, -0.2) is 101 Å². The second kappa shape index (κ2) is 20.8. The number of nitrogens with one attached hydrogen (secondary N) is 5. The summed E-state index contributed by atoms with van der Waals surface area (Å²) in [6.45, 7) is 47.1. The van der Waals surface area contributed by atoms with Crippen molar-refractivity contribution in [1.29, 1.82) is 0 Å². The summed E-state index contributed by atoms with van der Waals surface area (Å²) in [5.41, 5.74) is 2.66. The van der Waals surface area contributed by atoms with Gasteiger partial charge >= 0.3 is 0 Å². The van der Waals surface area contributed by atoms with Crippen LogP contribution in [0.25, 0.3) is 0 Å². The maximum absolute atomic E-state index is 13.6. The summed E-state index contributed by atoms with van der Waals surface area (Å²) < 4.78 is 19.1. The van der Waals surface area contributed by atoms with Crippen LogP contribution in [0.1, 0.15) is 172 Å². The molecule has 0 saturated carbocycles. The average molecular weight is 799 g/mol. The van der Waals surface area contributed by atoms with Crippen molar-refractivity contribution in [2.75, 3.05) is 26.9 Å². The minimum atomic E-state index is -0.821. The average Bonchev–Trinajstić information content (AvgIpc) is 2.98. The lowest BCUT2D eigenvalue weighted by Gasteiger charge is -2.42. The Hall–Kier alpha value is -1.34. The van der Waals surface area contributed by atoms with Crippen LogP contribution in [0, 0.1) is 17.8 Å². The molecular formula is C45H94N6O5. The molecule has 0 aromatic rings. The molecule has 0 fully saturated rings. The first kappa shape index (κ1) is 54.7. The highest BCUT2D eigenvalue weighted by atomic mass is 16.5. The highest BCUT2D eigenvalue weighted by molar-refractivity contribution is 5.86. The minimum Gasteiger partial charge on any atom is -0.375 e. The zero-order valence-corrected chi connectivity index (χ0v) is 40.8. The van der Waals surface area contributed by atoms with E-state index in [1.165, 1.54) is 0 Å². The van der Waals surface area contributed by atoms with Gasteiger partial charge in [0.05, 0.1) is 47.7 Å². The number of nitrogens with two attached hydrogens (primary N) is 1. The SMILES string of the molecule is CNC(C)(C)C(C)COC(C)(C)CC(C)NC(=O)C(C)(C)NC(C)(C)C(C)COC(C)(C)CC(C)NC(=O)C(C)(C)NC(C)CC(C)(C)OCC(C)C(C)(C)N. The summed E-state index contributed by atoms with van der Waals surface area (Å²) in [6.07, 6.45) is 2.07. The number of hydrogen-bond donors (Lipinski definition) is 6. The lowest BCUT2D eigenvalue weighted by molar-refractivity contribution is -0.130. The molecule has 6 atom stereocenters. The topological polar surface area (TPSA) is 148 Å². The van der Waals surface area contributed by atoms with Crippen molar-refractivity contribution in [3.63, 3.8) is 0 Å². The van der Waals surface area contributed by atoms with E-state index in [4.69, 9.17) is 19.9 Å². The predicted octanol–water partition coefficient (Wildman–Crippen LogP) is 7.10. The van der Waals surface area contributed by atoms with Crippen molar-refractivity contribution in [3.8, 4) is 0 Å². The molecule has 0 aliphatic heterocycles. The molecule has 6 unspecified atom stereocenters. The van der Waals surface area contributed by atoms with Gasteiger partial charge in [0.2, 0.25) is 11.8 Å². The molecule has 56 heavy (non-hydrogen) atoms. The molecule has 0 aliphatic rings. The van der Waals surface area contributed by atoms with Crippen LogP contribution >= 0.6 is 0 Å². The Kier molecular flexibility index (Phi) is 20.3. The van der Waals surface area contributed by atoms with E-state index < -0.39 is 22.2 Å². The van der Waals surface area contributed by atoms with E-state index in [-0.39, 0.29) is 64.1 Å². The number of carbonyl (C=O) groups is 2. The van der Waals surface area contributed by atoms with Crippen molar-refractivity contribution < 1.29 is 23.8 Å². The molecule has 11 nitrogen and oxygen atoms in total. The quantitative estimate of drug-likeness (QED) is 0.0512. The van der Waals surface area contributed by atoms with E-state index in [1.807, 2.05) is 62.4 Å². The van der Waals surface area contributed by atoms with Crippen LogP contribution in [-0.2, 0) is 23.8 Å². The van der Waals surface area contributed by atoms with Gasteiger partial charge in [-0.2, -0.15) is 0 Å². The van der Waals surface area contributed by atoms with Gasteiger partial charge in [-0.15, -0.1) is 0 Å². The van der Waals surface area contributed by atoms with Gasteiger partial charge in [-0.1, -0.05) is 20.8 Å². The van der Waals surface area contributed by atoms with Gasteiger partial charge in [-0.05, 0) is 176 Å². The van der Waals surface area contributed by atoms with Crippen molar-refractivity contribution in [3.05, 3.63) is 0 Å². The zero-order chi connectivity index (χ0) is 44.5. The van der Waals surface area contributed by atoms with Gasteiger partial charge in [0.1, 0.15) is 0 Å². The summed E-state index contributed by atoms with van der Waals surface area (Å²) in [7, 11) is 1.98. The fourth-order valence-corrected chi connectivity index (χ4v) is 6.95. The van der Waals surface area contributed by atoms with Crippen LogP contribution in [0.4, 0.5) is 0 Å². The van der Waals surface area contributed by atoms with E-state index in [2.05, 4.69) is 124 Å². The minimum absolute atomic E-state index is 0.0299. The van der Waals surface area contributed by atoms with E-state index >= 15 is 0 Å². The first-order valence-corrected chi connectivity index (χ1v) is 21.4. The maximum Gasteiger partial charge on any atom is 0.239 e. The summed E-state index contributed by atoms with van der Waals surface area (Å²) in [6, 6.07) is -0.139. The first-order chi connectivity index (χ1) is 24.8. The first-order valence-electron chi connectivity index (χ1n) is 21.4. The Morgan fingerprint density at radius 2 is 0.821 bits per heavy atom. The second-order valence-electron chi connectivity index (χ2n) is 22.2. The van der Waals surface area contributed by atoms with Gasteiger partial charge in [-0.25, -0.2) is 0 Å². The smallest absolute Gasteiger partial charge is 0.239 e. The lowest BCUT2D eigenvalue weighted by Crippen LogP contribution is -2.63. The molecule has 2 amide bonds. The number of amides is 2. The van der Waals surface area contributed by atoms with Crippen LogP contribution in [0.15, 0.2) is 0 Å². The Labute approximate surface area is 346 Å². The summed E-state index contributed by atoms with van der Waals surface area (Å²) in [5, 5.41) is 17.0. The third-order valence-electron chi connectivity index (χ3n) is 12.1. The monoisotopic (exact) mass is 799 g/mol. The van der Waals surface area contributed by atoms with Gasteiger partial charge in [0.25, 0.3) is 0 Å². The standard InChI is InChI=1S/C45H94N6O5/c1-30(41(13,14)46)27-54-40(11,12)26-35(6)50-44(19,20)36(52)48-33(4)24-39(9,10)56-29-32(3)43(17,18)51-45(21,22)37(53)49-34(5)25-38(7,8)55-28-31(2)42(15,16)47-23/h30-35,47,50-51H,24-29,46H2,1-23H3,(H,48,52)(H,49,53). The van der Waals surface area contributed by atoms with Crippen LogP contribution < -0.4 is 32.3 Å². The molecule has 0 saturated heterocycles. The largest absolute Gasteiger partial charge is 0.375 e. The third-order valence-corrected chi connectivity index (χ3v) is 12.1. The van der Waals surface area contributed by atoms with Crippen molar-refractivity contribution in [2.45, 2.75) is 234 Å². The molecule has 334 valence electrons. The molecular weight excluding hydrogens is 705 g/mol. The molecule has 0 rings (SSSR count). The number of rotatable bonds is 27. The van der Waals surface area contributed by atoms with Crippen LogP contribution in [0.5, 0.6) is 0 Å². The van der Waals surface area contributed by atoms with Gasteiger partial charge in [0.15, 0.2) is 0 Å². The van der Waals surface area contributed by atoms with Crippen LogP contribution in [0.3, 0.4) is 0 Å². The maximum atomic E-state index is 13.6. The molecule has 0 aromatic carbocycles. The number of hydrogen-bond acceptors (Lipinski definition) is 9. The molecule has 7 N–H and O–H groups in total. The Bertz CT molecular complexity index is 1210. The van der Waals surface area contributed by atoms with Crippen molar-refractivity contribution in [2.24, 2.45) is 23.5 Å². The molecule has 0 aromatic heterocycles. The van der Waals surface area contributed by atoms with Crippen molar-refractivity contribution in [1.82, 2.24) is 26.6 Å². The summed E-state index contributed by atoms with van der Waals surface area (Å²) in [4.78, 5) is 27.1. The number of ether oxygens (including phenoxy) is 3. The van der Waals surface area contributed by atoms with E-state index in [1.54, 1.807) is 0 Å². The highest BCUT2D eigenvalue weighted by Crippen LogP contribution is 2.27. The van der Waals surface area contributed by atoms with Gasteiger partial charge in [-0.3, -0.25) is 14.9 Å². The van der Waals surface area contributed by atoms with Gasteiger partial charge < -0.3 is 41.2 Å². The van der Waals surface area contributed by atoms with E-state index in [9.17, 15) is 9.59 Å². The fraction of sp³-hybridized carbons (Fsp3) is 0.956. The van der Waals surface area contributed by atoms with E-state index in [0.717, 1.165) is 6.42 Å². The number of carbonyl (C=O) groups excluding carboxylic acids is 2. The normalized spacial score (nSPS) is 17.5. The molecule has 11 heteroatoms. The molecule has 0 radical (unpaired) electrons. The summed E-state index contributed by atoms with van der Waals surface area (Å²) >= 11 is 0. The predicted molar refractivity (Wildman–Crippen MR) is 236 cm³/mol. The second-order valence-corrected chi connectivity index (χ2v) is 22.2. The van der Waals surface area contributed by atoms with Crippen LogP contribution in [0.2, 0.25) is 0 Å². The highest BCUT2D eigenvalue weighted by Gasteiger charge is 2.39.